The van der Waals surface area contributed by atoms with E-state index in [1.54, 1.807) is 25.3 Å². The van der Waals surface area contributed by atoms with Crippen molar-refractivity contribution in [3.63, 3.8) is 0 Å². The van der Waals surface area contributed by atoms with Crippen LogP contribution in [0, 0.1) is 3.57 Å². The molecule has 4 nitrogen and oxygen atoms in total. The summed E-state index contributed by atoms with van der Waals surface area (Å²) >= 11 is 2.13. The summed E-state index contributed by atoms with van der Waals surface area (Å²) < 4.78 is 6.03. The first-order chi connectivity index (χ1) is 8.08. The minimum Gasteiger partial charge on any atom is -0.496 e. The van der Waals surface area contributed by atoms with E-state index < -0.39 is 0 Å². The van der Waals surface area contributed by atoms with Crippen molar-refractivity contribution in [1.29, 1.82) is 0 Å². The molecule has 0 aliphatic rings. The van der Waals surface area contributed by atoms with Crippen molar-refractivity contribution in [3.8, 4) is 5.75 Å². The zero-order valence-electron chi connectivity index (χ0n) is 10.1. The number of nitrogens with zero attached hydrogens (tertiary/aromatic N) is 1. The highest BCUT2D eigenvalue weighted by molar-refractivity contribution is 14.1. The highest BCUT2D eigenvalue weighted by Crippen LogP contribution is 2.21. The van der Waals surface area contributed by atoms with Crippen LogP contribution in [0.1, 0.15) is 30.6 Å². The Morgan fingerprint density at radius 2 is 2.24 bits per heavy atom. The number of benzene rings is 1. The Morgan fingerprint density at radius 1 is 1.53 bits per heavy atom. The third-order valence-corrected chi connectivity index (χ3v) is 3.12. The Morgan fingerprint density at radius 3 is 2.76 bits per heavy atom. The molecule has 0 aliphatic heterocycles. The van der Waals surface area contributed by atoms with Gasteiger partial charge in [0.2, 0.25) is 0 Å². The molecule has 0 heterocycles. The third-order valence-electron chi connectivity index (χ3n) is 2.27. The van der Waals surface area contributed by atoms with E-state index in [0.717, 1.165) is 21.5 Å². The molecular formula is C12H15IN2O2. The Balaban J connectivity index is 2.80. The molecule has 0 atom stereocenters. The molecule has 1 N–H and O–H groups in total. The molecule has 17 heavy (non-hydrogen) atoms. The summed E-state index contributed by atoms with van der Waals surface area (Å²) in [5.74, 6) is 0.550. The Bertz CT molecular complexity index is 444. The number of rotatable bonds is 4. The number of nitrogens with one attached hydrogen (secondary N) is 1. The molecule has 0 unspecified atom stereocenters. The molecular weight excluding hydrogens is 331 g/mol. The molecule has 0 saturated carbocycles. The van der Waals surface area contributed by atoms with Crippen molar-refractivity contribution >= 4 is 34.2 Å². The number of hydrogen-bond acceptors (Lipinski definition) is 3. The molecule has 92 valence electrons. The Kier molecular flexibility index (Phi) is 5.40. The van der Waals surface area contributed by atoms with Crippen molar-refractivity contribution in [2.24, 2.45) is 5.10 Å². The van der Waals surface area contributed by atoms with Gasteiger partial charge in [-0.25, -0.2) is 5.43 Å². The minimum atomic E-state index is -0.210. The molecule has 5 heteroatoms. The van der Waals surface area contributed by atoms with Crippen LogP contribution in [-0.2, 0) is 0 Å². The van der Waals surface area contributed by atoms with Crippen LogP contribution in [0.25, 0.3) is 0 Å². The number of ether oxygens (including phenoxy) is 1. The lowest BCUT2D eigenvalue weighted by Crippen LogP contribution is -2.19. The van der Waals surface area contributed by atoms with E-state index in [0.29, 0.717) is 5.56 Å². The van der Waals surface area contributed by atoms with Gasteiger partial charge in [0, 0.05) is 11.3 Å². The van der Waals surface area contributed by atoms with Gasteiger partial charge in [0.05, 0.1) is 10.7 Å². The van der Waals surface area contributed by atoms with Crippen molar-refractivity contribution in [2.45, 2.75) is 20.3 Å². The van der Waals surface area contributed by atoms with Crippen LogP contribution in [0.3, 0.4) is 0 Å². The number of hydrazone groups is 1. The SMILES string of the molecule is CC/C(C)=N/NC(=O)c1ccc(OC)c(I)c1. The highest BCUT2D eigenvalue weighted by atomic mass is 127. The molecule has 0 aromatic heterocycles. The van der Waals surface area contributed by atoms with Crippen LogP contribution in [0.15, 0.2) is 23.3 Å². The molecule has 0 spiro atoms. The second-order valence-electron chi connectivity index (χ2n) is 3.49. The Hall–Kier alpha value is -1.11. The fourth-order valence-electron chi connectivity index (χ4n) is 1.10. The van der Waals surface area contributed by atoms with Crippen molar-refractivity contribution in [1.82, 2.24) is 5.43 Å². The number of amides is 1. The fraction of sp³-hybridized carbons (Fsp3) is 0.333. The van der Waals surface area contributed by atoms with Gasteiger partial charge in [-0.2, -0.15) is 5.10 Å². The smallest absolute Gasteiger partial charge is 0.271 e. The van der Waals surface area contributed by atoms with Crippen molar-refractivity contribution in [3.05, 3.63) is 27.3 Å². The van der Waals surface area contributed by atoms with Crippen molar-refractivity contribution < 1.29 is 9.53 Å². The van der Waals surface area contributed by atoms with Crippen molar-refractivity contribution in [2.75, 3.05) is 7.11 Å². The lowest BCUT2D eigenvalue weighted by Gasteiger charge is -2.05. The normalized spacial score (nSPS) is 11.2. The predicted octanol–water partition coefficient (Wildman–Crippen LogP) is 2.82. The summed E-state index contributed by atoms with van der Waals surface area (Å²) in [5.41, 5.74) is 3.98. The molecule has 0 fully saturated rings. The van der Waals surface area contributed by atoms with Gasteiger partial charge in [0.1, 0.15) is 5.75 Å². The van der Waals surface area contributed by atoms with Gasteiger partial charge in [0.15, 0.2) is 0 Å². The quantitative estimate of drug-likeness (QED) is 0.518. The van der Waals surface area contributed by atoms with E-state index in [-0.39, 0.29) is 5.91 Å². The van der Waals surface area contributed by atoms with Crippen LogP contribution in [-0.4, -0.2) is 18.7 Å². The summed E-state index contributed by atoms with van der Waals surface area (Å²) in [4.78, 5) is 11.8. The van der Waals surface area contributed by atoms with Gasteiger partial charge in [0.25, 0.3) is 5.91 Å². The summed E-state index contributed by atoms with van der Waals surface area (Å²) in [6.45, 7) is 3.86. The zero-order chi connectivity index (χ0) is 12.8. The van der Waals surface area contributed by atoms with Gasteiger partial charge < -0.3 is 4.74 Å². The van der Waals surface area contributed by atoms with Crippen LogP contribution < -0.4 is 10.2 Å². The number of carbonyl (C=O) groups is 1. The number of methoxy groups -OCH3 is 1. The maximum Gasteiger partial charge on any atom is 0.271 e. The average Bonchev–Trinajstić information content (AvgIpc) is 2.35. The first-order valence-corrected chi connectivity index (χ1v) is 6.33. The van der Waals surface area contributed by atoms with Crippen LogP contribution in [0.4, 0.5) is 0 Å². The van der Waals surface area contributed by atoms with Crippen LogP contribution >= 0.6 is 22.6 Å². The largest absolute Gasteiger partial charge is 0.496 e. The third kappa shape index (κ3) is 3.99. The summed E-state index contributed by atoms with van der Waals surface area (Å²) in [6, 6.07) is 5.26. The second kappa shape index (κ2) is 6.58. The predicted molar refractivity (Wildman–Crippen MR) is 76.6 cm³/mol. The molecule has 0 saturated heterocycles. The number of hydrogen-bond donors (Lipinski definition) is 1. The monoisotopic (exact) mass is 346 g/mol. The molecule has 0 aliphatic carbocycles. The molecule has 1 rings (SSSR count). The second-order valence-corrected chi connectivity index (χ2v) is 4.65. The molecule has 1 aromatic carbocycles. The molecule has 0 radical (unpaired) electrons. The van der Waals surface area contributed by atoms with Gasteiger partial charge in [-0.1, -0.05) is 6.92 Å². The molecule has 0 bridgehead atoms. The maximum absolute atomic E-state index is 11.8. The first kappa shape index (κ1) is 14.0. The summed E-state index contributed by atoms with van der Waals surface area (Å²) in [7, 11) is 1.60. The fourth-order valence-corrected chi connectivity index (χ4v) is 1.83. The van der Waals surface area contributed by atoms with E-state index in [9.17, 15) is 4.79 Å². The average molecular weight is 346 g/mol. The molecule has 1 amide bonds. The standard InChI is InChI=1S/C12H15IN2O2/c1-4-8(2)14-15-12(16)9-5-6-11(17-3)10(13)7-9/h5-7H,4H2,1-3H3,(H,15,16)/b14-8+. The van der Waals surface area contributed by atoms with Gasteiger partial charge in [-0.15, -0.1) is 0 Å². The van der Waals surface area contributed by atoms with Gasteiger partial charge >= 0.3 is 0 Å². The van der Waals surface area contributed by atoms with Gasteiger partial charge in [-0.3, -0.25) is 4.79 Å². The van der Waals surface area contributed by atoms with E-state index >= 15 is 0 Å². The van der Waals surface area contributed by atoms with Crippen LogP contribution in [0.2, 0.25) is 0 Å². The lowest BCUT2D eigenvalue weighted by molar-refractivity contribution is 0.0954. The highest BCUT2D eigenvalue weighted by Gasteiger charge is 2.07. The molecule has 1 aromatic rings. The summed E-state index contributed by atoms with van der Waals surface area (Å²) in [5, 5.41) is 3.97. The van der Waals surface area contributed by atoms with E-state index in [2.05, 4.69) is 33.1 Å². The zero-order valence-corrected chi connectivity index (χ0v) is 12.2. The van der Waals surface area contributed by atoms with Crippen LogP contribution in [0.5, 0.6) is 5.75 Å². The number of carbonyl (C=O) groups excluding carboxylic acids is 1. The maximum atomic E-state index is 11.8. The van der Waals surface area contributed by atoms with E-state index in [4.69, 9.17) is 4.74 Å². The topological polar surface area (TPSA) is 50.7 Å². The lowest BCUT2D eigenvalue weighted by atomic mass is 10.2. The van der Waals surface area contributed by atoms with E-state index in [1.165, 1.54) is 0 Å². The van der Waals surface area contributed by atoms with Gasteiger partial charge in [-0.05, 0) is 54.1 Å². The number of halogens is 1. The summed E-state index contributed by atoms with van der Waals surface area (Å²) in [6.07, 6.45) is 0.820. The first-order valence-electron chi connectivity index (χ1n) is 5.25. The minimum absolute atomic E-state index is 0.210. The Labute approximate surface area is 115 Å². The van der Waals surface area contributed by atoms with E-state index in [1.807, 2.05) is 13.8 Å².